The number of carbonyl (C=O) groups excluding carboxylic acids is 1. The lowest BCUT2D eigenvalue weighted by molar-refractivity contribution is 0.0988. The molecule has 0 saturated heterocycles. The van der Waals surface area contributed by atoms with Crippen molar-refractivity contribution < 1.29 is 18.3 Å². The van der Waals surface area contributed by atoms with E-state index in [1.165, 1.54) is 18.6 Å². The molecule has 1 aromatic carbocycles. The van der Waals surface area contributed by atoms with Crippen molar-refractivity contribution in [2.45, 2.75) is 44.6 Å². The molecule has 5 nitrogen and oxygen atoms in total. The standard InChI is InChI=1S/C24H25F2N3O2S/c1-13-7-14(9-16(27)8-13)17-5-6-28-11-15(17)10-20(30)19-12-32-24(29-19)22-18(25)3-4-21(31-2)23(22)26/h3-6,11-14,16H,7-10,27H2,1-2H3/t13-,14+,16-/m0/s1. The molecule has 0 radical (unpaired) electrons. The summed E-state index contributed by atoms with van der Waals surface area (Å²) in [4.78, 5) is 21.4. The first-order valence-electron chi connectivity index (χ1n) is 10.6. The Morgan fingerprint density at radius 1 is 1.25 bits per heavy atom. The van der Waals surface area contributed by atoms with Gasteiger partial charge in [-0.2, -0.15) is 0 Å². The molecule has 0 bridgehead atoms. The van der Waals surface area contributed by atoms with E-state index in [4.69, 9.17) is 10.5 Å². The molecule has 0 aliphatic heterocycles. The molecular weight excluding hydrogens is 432 g/mol. The van der Waals surface area contributed by atoms with Crippen molar-refractivity contribution in [1.29, 1.82) is 0 Å². The van der Waals surface area contributed by atoms with Gasteiger partial charge >= 0.3 is 0 Å². The van der Waals surface area contributed by atoms with Crippen molar-refractivity contribution in [2.24, 2.45) is 11.7 Å². The van der Waals surface area contributed by atoms with E-state index in [9.17, 15) is 13.6 Å². The zero-order chi connectivity index (χ0) is 22.8. The molecule has 1 aliphatic carbocycles. The average Bonchev–Trinajstić information content (AvgIpc) is 3.23. The van der Waals surface area contributed by atoms with E-state index in [-0.39, 0.29) is 46.2 Å². The first kappa shape index (κ1) is 22.5. The Bertz CT molecular complexity index is 1120. The SMILES string of the molecule is COc1ccc(F)c(-c2nc(C(=O)Cc3cnccc3[C@@H]3C[C@H](C)C[C@H](N)C3)cs2)c1F. The van der Waals surface area contributed by atoms with Gasteiger partial charge in [-0.05, 0) is 60.4 Å². The first-order chi connectivity index (χ1) is 15.4. The zero-order valence-corrected chi connectivity index (χ0v) is 18.8. The molecule has 1 fully saturated rings. The maximum atomic E-state index is 14.6. The van der Waals surface area contributed by atoms with Gasteiger partial charge in [-0.3, -0.25) is 9.78 Å². The van der Waals surface area contributed by atoms with E-state index >= 15 is 0 Å². The molecule has 0 spiro atoms. The molecule has 0 unspecified atom stereocenters. The molecule has 1 saturated carbocycles. The van der Waals surface area contributed by atoms with Crippen LogP contribution in [-0.4, -0.2) is 28.9 Å². The van der Waals surface area contributed by atoms with Crippen LogP contribution in [-0.2, 0) is 6.42 Å². The molecule has 2 aromatic heterocycles. The van der Waals surface area contributed by atoms with Crippen LogP contribution >= 0.6 is 11.3 Å². The maximum Gasteiger partial charge on any atom is 0.186 e. The quantitative estimate of drug-likeness (QED) is 0.518. The van der Waals surface area contributed by atoms with E-state index in [2.05, 4.69) is 16.9 Å². The summed E-state index contributed by atoms with van der Waals surface area (Å²) in [5, 5.41) is 1.63. The van der Waals surface area contributed by atoms with Crippen molar-refractivity contribution in [3.05, 3.63) is 64.4 Å². The molecule has 3 aromatic rings. The molecule has 2 heterocycles. The second-order valence-electron chi connectivity index (χ2n) is 8.42. The van der Waals surface area contributed by atoms with Crippen molar-refractivity contribution in [3.63, 3.8) is 0 Å². The number of pyridine rings is 1. The van der Waals surface area contributed by atoms with Crippen LogP contribution in [0.3, 0.4) is 0 Å². The molecule has 1 aliphatic rings. The fraction of sp³-hybridized carbons (Fsp3) is 0.375. The molecule has 3 atom stereocenters. The van der Waals surface area contributed by atoms with Gasteiger partial charge in [0.15, 0.2) is 17.3 Å². The highest BCUT2D eigenvalue weighted by molar-refractivity contribution is 7.13. The van der Waals surface area contributed by atoms with E-state index in [1.807, 2.05) is 6.07 Å². The highest BCUT2D eigenvalue weighted by Gasteiger charge is 2.28. The Labute approximate surface area is 189 Å². The summed E-state index contributed by atoms with van der Waals surface area (Å²) >= 11 is 1.02. The lowest BCUT2D eigenvalue weighted by atomic mass is 9.75. The minimum absolute atomic E-state index is 0.0793. The van der Waals surface area contributed by atoms with Gasteiger partial charge in [0.1, 0.15) is 16.5 Å². The fourth-order valence-electron chi connectivity index (χ4n) is 4.56. The Hall–Kier alpha value is -2.71. The van der Waals surface area contributed by atoms with Crippen LogP contribution in [0.15, 0.2) is 36.0 Å². The second kappa shape index (κ2) is 9.42. The van der Waals surface area contributed by atoms with Gasteiger partial charge < -0.3 is 10.5 Å². The summed E-state index contributed by atoms with van der Waals surface area (Å²) in [6, 6.07) is 4.45. The van der Waals surface area contributed by atoms with Crippen LogP contribution in [0.4, 0.5) is 8.78 Å². The summed E-state index contributed by atoms with van der Waals surface area (Å²) in [5.74, 6) is -1.09. The van der Waals surface area contributed by atoms with Gasteiger partial charge in [0.25, 0.3) is 0 Å². The highest BCUT2D eigenvalue weighted by Crippen LogP contribution is 2.37. The summed E-state index contributed by atoms with van der Waals surface area (Å²) in [7, 11) is 1.31. The molecule has 2 N–H and O–H groups in total. The number of carbonyl (C=O) groups is 1. The number of benzene rings is 1. The number of ketones is 1. The van der Waals surface area contributed by atoms with Crippen LogP contribution in [0.1, 0.15) is 53.7 Å². The van der Waals surface area contributed by atoms with Gasteiger partial charge in [-0.1, -0.05) is 6.92 Å². The number of halogens is 2. The normalized spacial score (nSPS) is 20.8. The number of nitrogens with zero attached hydrogens (tertiary/aromatic N) is 2. The third-order valence-electron chi connectivity index (χ3n) is 5.99. The number of aromatic nitrogens is 2. The third-order valence-corrected chi connectivity index (χ3v) is 6.85. The van der Waals surface area contributed by atoms with E-state index < -0.39 is 11.6 Å². The van der Waals surface area contributed by atoms with Crippen LogP contribution in [0.2, 0.25) is 0 Å². The summed E-state index contributed by atoms with van der Waals surface area (Å²) in [6.45, 7) is 2.20. The van der Waals surface area contributed by atoms with E-state index in [0.29, 0.717) is 5.92 Å². The Kier molecular flexibility index (Phi) is 6.62. The predicted molar refractivity (Wildman–Crippen MR) is 120 cm³/mol. The summed E-state index contributed by atoms with van der Waals surface area (Å²) in [5.41, 5.74) is 8.06. The Balaban J connectivity index is 1.58. The first-order valence-corrected chi connectivity index (χ1v) is 11.4. The topological polar surface area (TPSA) is 78.1 Å². The molecular formula is C24H25F2N3O2S. The molecule has 4 rings (SSSR count). The number of thiazole rings is 1. The number of Topliss-reactive ketones (excluding diaryl/α,β-unsaturated/α-hetero) is 1. The minimum atomic E-state index is -0.835. The van der Waals surface area contributed by atoms with Gasteiger partial charge in [-0.15, -0.1) is 11.3 Å². The zero-order valence-electron chi connectivity index (χ0n) is 18.0. The van der Waals surface area contributed by atoms with Crippen molar-refractivity contribution >= 4 is 17.1 Å². The van der Waals surface area contributed by atoms with Gasteiger partial charge in [0, 0.05) is 30.2 Å². The molecule has 32 heavy (non-hydrogen) atoms. The monoisotopic (exact) mass is 457 g/mol. The highest BCUT2D eigenvalue weighted by atomic mass is 32.1. The molecule has 168 valence electrons. The van der Waals surface area contributed by atoms with Crippen LogP contribution < -0.4 is 10.5 Å². The predicted octanol–water partition coefficient (Wildman–Crippen LogP) is 5.15. The van der Waals surface area contributed by atoms with Gasteiger partial charge in [0.05, 0.1) is 12.7 Å². The molecule has 8 heteroatoms. The largest absolute Gasteiger partial charge is 0.494 e. The Morgan fingerprint density at radius 2 is 2.06 bits per heavy atom. The van der Waals surface area contributed by atoms with Crippen LogP contribution in [0.25, 0.3) is 10.6 Å². The number of hydrogen-bond acceptors (Lipinski definition) is 6. The van der Waals surface area contributed by atoms with Crippen LogP contribution in [0, 0.1) is 17.6 Å². The van der Waals surface area contributed by atoms with Gasteiger partial charge in [0.2, 0.25) is 0 Å². The maximum absolute atomic E-state index is 14.6. The van der Waals surface area contributed by atoms with E-state index in [0.717, 1.165) is 47.8 Å². The molecule has 0 amide bonds. The van der Waals surface area contributed by atoms with Crippen molar-refractivity contribution in [1.82, 2.24) is 9.97 Å². The smallest absolute Gasteiger partial charge is 0.186 e. The van der Waals surface area contributed by atoms with Crippen molar-refractivity contribution in [3.8, 4) is 16.3 Å². The average molecular weight is 458 g/mol. The van der Waals surface area contributed by atoms with E-state index in [1.54, 1.807) is 12.4 Å². The number of nitrogens with two attached hydrogens (primary N) is 1. The second-order valence-corrected chi connectivity index (χ2v) is 9.28. The van der Waals surface area contributed by atoms with Crippen LogP contribution in [0.5, 0.6) is 5.75 Å². The third kappa shape index (κ3) is 4.56. The number of rotatable bonds is 6. The van der Waals surface area contributed by atoms with Crippen molar-refractivity contribution in [2.75, 3.05) is 7.11 Å². The van der Waals surface area contributed by atoms with Gasteiger partial charge in [-0.25, -0.2) is 13.8 Å². The lowest BCUT2D eigenvalue weighted by Gasteiger charge is -2.32. The Morgan fingerprint density at radius 3 is 2.81 bits per heavy atom. The minimum Gasteiger partial charge on any atom is -0.494 e. The number of methoxy groups -OCH3 is 1. The summed E-state index contributed by atoms with van der Waals surface area (Å²) < 4.78 is 33.8. The fourth-order valence-corrected chi connectivity index (χ4v) is 5.43. The summed E-state index contributed by atoms with van der Waals surface area (Å²) in [6.07, 6.45) is 6.49. The number of hydrogen-bond donors (Lipinski definition) is 1. The number of ether oxygens (including phenoxy) is 1. The lowest BCUT2D eigenvalue weighted by Crippen LogP contribution is -2.31.